The van der Waals surface area contributed by atoms with Gasteiger partial charge < -0.3 is 5.32 Å². The molecule has 78 valence electrons. The Bertz CT molecular complexity index is 322. The first-order valence-corrected chi connectivity index (χ1v) is 5.23. The molecule has 0 unspecified atom stereocenters. The van der Waals surface area contributed by atoms with Gasteiger partial charge in [0.1, 0.15) is 5.82 Å². The first kappa shape index (κ1) is 11.8. The molecule has 0 atom stereocenters. The summed E-state index contributed by atoms with van der Waals surface area (Å²) in [6, 6.07) is 1.80. The van der Waals surface area contributed by atoms with Crippen LogP contribution in [0.2, 0.25) is 0 Å². The average Bonchev–Trinajstić information content (AvgIpc) is 2.02. The summed E-state index contributed by atoms with van der Waals surface area (Å²) in [6.07, 6.45) is 0. The first-order valence-electron chi connectivity index (χ1n) is 4.10. The van der Waals surface area contributed by atoms with Crippen molar-refractivity contribution in [3.63, 3.8) is 0 Å². The molecule has 6 heteroatoms. The van der Waals surface area contributed by atoms with E-state index in [-0.39, 0.29) is 5.82 Å². The molecule has 3 nitrogen and oxygen atoms in total. The number of anilines is 1. The number of halogens is 3. The van der Waals surface area contributed by atoms with Gasteiger partial charge in [-0.3, -0.25) is 0 Å². The van der Waals surface area contributed by atoms with Gasteiger partial charge in [0.25, 0.3) is 0 Å². The van der Waals surface area contributed by atoms with Crippen LogP contribution in [0.3, 0.4) is 0 Å². The lowest BCUT2D eigenvalue weighted by Gasteiger charge is -2.11. The molecule has 14 heavy (non-hydrogen) atoms. The number of hydrogen-bond acceptors (Lipinski definition) is 3. The number of hydrogen-bond donors (Lipinski definition) is 1. The largest absolute Gasteiger partial charge is 0.370 e. The zero-order chi connectivity index (χ0) is 10.8. The zero-order valence-electron chi connectivity index (χ0n) is 7.81. The number of alkyl halides is 3. The van der Waals surface area contributed by atoms with Crippen LogP contribution in [0.15, 0.2) is 6.07 Å². The van der Waals surface area contributed by atoms with Crippen molar-refractivity contribution in [2.45, 2.75) is 17.6 Å². The summed E-state index contributed by atoms with van der Waals surface area (Å²) in [4.78, 5) is 8.12. The highest BCUT2D eigenvalue weighted by Gasteiger charge is 2.27. The molecule has 0 aromatic carbocycles. The molecular weight excluding hydrogens is 244 g/mol. The number of nitrogens with one attached hydrogen (secondary N) is 1. The fourth-order valence-electron chi connectivity index (χ4n) is 0.967. The van der Waals surface area contributed by atoms with Crippen molar-refractivity contribution in [3.8, 4) is 0 Å². The van der Waals surface area contributed by atoms with Crippen molar-refractivity contribution in [2.75, 3.05) is 11.9 Å². The number of rotatable bonds is 2. The van der Waals surface area contributed by atoms with Gasteiger partial charge in [0.05, 0.1) is 0 Å². The molecule has 0 fully saturated rings. The van der Waals surface area contributed by atoms with E-state index in [2.05, 4.69) is 15.3 Å². The minimum absolute atomic E-state index is 0.193. The molecule has 0 radical (unpaired) electrons. The SMILES string of the molecule is CCNc1cc(C)nc(C(Cl)(Cl)Cl)n1. The van der Waals surface area contributed by atoms with Gasteiger partial charge in [-0.2, -0.15) is 0 Å². The lowest BCUT2D eigenvalue weighted by Crippen LogP contribution is -2.11. The molecule has 1 heterocycles. The third-order valence-electron chi connectivity index (χ3n) is 1.47. The maximum atomic E-state index is 5.68. The highest BCUT2D eigenvalue weighted by molar-refractivity contribution is 6.66. The molecule has 0 saturated carbocycles. The van der Waals surface area contributed by atoms with E-state index in [0.717, 1.165) is 12.2 Å². The minimum atomic E-state index is -1.57. The molecule has 0 aliphatic heterocycles. The van der Waals surface area contributed by atoms with Crippen molar-refractivity contribution >= 4 is 40.6 Å². The van der Waals surface area contributed by atoms with E-state index >= 15 is 0 Å². The Balaban J connectivity index is 3.07. The summed E-state index contributed by atoms with van der Waals surface area (Å²) in [5, 5.41) is 3.03. The van der Waals surface area contributed by atoms with Gasteiger partial charge in [0.2, 0.25) is 3.79 Å². The third kappa shape index (κ3) is 3.15. The van der Waals surface area contributed by atoms with Crippen molar-refractivity contribution in [3.05, 3.63) is 17.6 Å². The van der Waals surface area contributed by atoms with E-state index in [1.165, 1.54) is 0 Å². The van der Waals surface area contributed by atoms with Crippen molar-refractivity contribution < 1.29 is 0 Å². The summed E-state index contributed by atoms with van der Waals surface area (Å²) in [5.41, 5.74) is 0.761. The zero-order valence-corrected chi connectivity index (χ0v) is 10.1. The first-order chi connectivity index (χ1) is 6.43. The molecule has 0 saturated heterocycles. The second-order valence-corrected chi connectivity index (χ2v) is 5.03. The summed E-state index contributed by atoms with van der Waals surface area (Å²) in [5.74, 6) is 0.861. The normalized spacial score (nSPS) is 11.5. The van der Waals surface area contributed by atoms with Gasteiger partial charge in [-0.25, -0.2) is 9.97 Å². The van der Waals surface area contributed by atoms with Crippen molar-refractivity contribution in [1.82, 2.24) is 9.97 Å². The number of aromatic nitrogens is 2. The standard InChI is InChI=1S/C8H10Cl3N3/c1-3-12-6-4-5(2)13-7(14-6)8(9,10)11/h4H,3H2,1-2H3,(H,12,13,14). The second-order valence-electron chi connectivity index (χ2n) is 2.75. The minimum Gasteiger partial charge on any atom is -0.370 e. The highest BCUT2D eigenvalue weighted by Crippen LogP contribution is 2.36. The highest BCUT2D eigenvalue weighted by atomic mass is 35.6. The predicted molar refractivity (Wildman–Crippen MR) is 60.2 cm³/mol. The van der Waals surface area contributed by atoms with Crippen LogP contribution in [-0.2, 0) is 3.79 Å². The molecule has 1 aromatic rings. The van der Waals surface area contributed by atoms with E-state index in [9.17, 15) is 0 Å². The van der Waals surface area contributed by atoms with Crippen LogP contribution in [0, 0.1) is 6.92 Å². The molecular formula is C8H10Cl3N3. The van der Waals surface area contributed by atoms with Crippen LogP contribution in [0.4, 0.5) is 5.82 Å². The van der Waals surface area contributed by atoms with Gasteiger partial charge in [-0.05, 0) is 13.8 Å². The summed E-state index contributed by atoms with van der Waals surface area (Å²) < 4.78 is -1.57. The molecule has 0 aliphatic carbocycles. The Morgan fingerprint density at radius 2 is 2.00 bits per heavy atom. The Hall–Kier alpha value is -0.250. The lowest BCUT2D eigenvalue weighted by atomic mass is 10.4. The van der Waals surface area contributed by atoms with Crippen LogP contribution in [-0.4, -0.2) is 16.5 Å². The van der Waals surface area contributed by atoms with Crippen LogP contribution in [0.25, 0.3) is 0 Å². The smallest absolute Gasteiger partial charge is 0.250 e. The average molecular weight is 255 g/mol. The maximum Gasteiger partial charge on any atom is 0.250 e. The Morgan fingerprint density at radius 3 is 2.50 bits per heavy atom. The van der Waals surface area contributed by atoms with Crippen LogP contribution in [0.1, 0.15) is 18.4 Å². The van der Waals surface area contributed by atoms with Gasteiger partial charge in [-0.1, -0.05) is 34.8 Å². The monoisotopic (exact) mass is 253 g/mol. The van der Waals surface area contributed by atoms with E-state index in [1.807, 2.05) is 13.8 Å². The molecule has 0 aliphatic rings. The van der Waals surface area contributed by atoms with Crippen LogP contribution < -0.4 is 5.32 Å². The lowest BCUT2D eigenvalue weighted by molar-refractivity contribution is 0.937. The number of aryl methyl sites for hydroxylation is 1. The Labute approximate surface area is 97.8 Å². The third-order valence-corrected chi connectivity index (χ3v) is 1.97. The quantitative estimate of drug-likeness (QED) is 0.825. The predicted octanol–water partition coefficient (Wildman–Crippen LogP) is 3.04. The van der Waals surface area contributed by atoms with Crippen LogP contribution in [0.5, 0.6) is 0 Å². The van der Waals surface area contributed by atoms with E-state index < -0.39 is 3.79 Å². The fourth-order valence-corrected chi connectivity index (χ4v) is 1.22. The van der Waals surface area contributed by atoms with Gasteiger partial charge in [0, 0.05) is 18.3 Å². The number of nitrogens with zero attached hydrogens (tertiary/aromatic N) is 2. The molecule has 0 bridgehead atoms. The fraction of sp³-hybridized carbons (Fsp3) is 0.500. The topological polar surface area (TPSA) is 37.8 Å². The van der Waals surface area contributed by atoms with Crippen molar-refractivity contribution in [2.24, 2.45) is 0 Å². The summed E-state index contributed by atoms with van der Waals surface area (Å²) in [7, 11) is 0. The van der Waals surface area contributed by atoms with E-state index in [0.29, 0.717) is 5.82 Å². The van der Waals surface area contributed by atoms with Gasteiger partial charge >= 0.3 is 0 Å². The maximum absolute atomic E-state index is 5.68. The second kappa shape index (κ2) is 4.51. The molecule has 1 N–H and O–H groups in total. The van der Waals surface area contributed by atoms with E-state index in [1.54, 1.807) is 6.07 Å². The Morgan fingerprint density at radius 1 is 1.36 bits per heavy atom. The van der Waals surface area contributed by atoms with Crippen molar-refractivity contribution in [1.29, 1.82) is 0 Å². The molecule has 0 amide bonds. The Kier molecular flexibility index (Phi) is 3.81. The molecule has 1 rings (SSSR count). The summed E-state index contributed by atoms with van der Waals surface area (Å²) in [6.45, 7) is 4.55. The van der Waals surface area contributed by atoms with E-state index in [4.69, 9.17) is 34.8 Å². The van der Waals surface area contributed by atoms with Crippen LogP contribution >= 0.6 is 34.8 Å². The van der Waals surface area contributed by atoms with Gasteiger partial charge in [-0.15, -0.1) is 0 Å². The summed E-state index contributed by atoms with van der Waals surface area (Å²) >= 11 is 17.0. The molecule has 0 spiro atoms. The van der Waals surface area contributed by atoms with Gasteiger partial charge in [0.15, 0.2) is 5.82 Å². The molecule has 1 aromatic heterocycles.